The van der Waals surface area contributed by atoms with Crippen LogP contribution in [0, 0.1) is 11.3 Å². The van der Waals surface area contributed by atoms with Crippen LogP contribution in [0.3, 0.4) is 0 Å². The molecule has 20 heavy (non-hydrogen) atoms. The Kier molecular flexibility index (Phi) is 3.88. The van der Waals surface area contributed by atoms with Gasteiger partial charge >= 0.3 is 0 Å². The van der Waals surface area contributed by atoms with Crippen LogP contribution < -0.4 is 4.90 Å². The number of benzene rings is 1. The first-order chi connectivity index (χ1) is 9.81. The molecule has 0 N–H and O–H groups in total. The highest BCUT2D eigenvalue weighted by Crippen LogP contribution is 2.38. The van der Waals surface area contributed by atoms with Crippen molar-refractivity contribution in [1.82, 2.24) is 4.37 Å². The summed E-state index contributed by atoms with van der Waals surface area (Å²) in [7, 11) is 0. The third-order valence-corrected chi connectivity index (χ3v) is 4.42. The van der Waals surface area contributed by atoms with Crippen molar-refractivity contribution >= 4 is 29.0 Å². The van der Waals surface area contributed by atoms with E-state index in [0.29, 0.717) is 23.8 Å². The minimum absolute atomic E-state index is 0.602. The summed E-state index contributed by atoms with van der Waals surface area (Å²) in [5, 5.41) is 10.1. The van der Waals surface area contributed by atoms with Crippen molar-refractivity contribution in [3.05, 3.63) is 34.9 Å². The second kappa shape index (κ2) is 5.80. The molecule has 102 valence electrons. The summed E-state index contributed by atoms with van der Waals surface area (Å²) >= 11 is 7.54. The molecule has 1 aromatic carbocycles. The van der Waals surface area contributed by atoms with Gasteiger partial charge in [0.25, 0.3) is 0 Å². The maximum atomic E-state index is 9.49. The summed E-state index contributed by atoms with van der Waals surface area (Å²) in [5.41, 5.74) is 1.47. The lowest BCUT2D eigenvalue weighted by molar-refractivity contribution is 0.122. The van der Waals surface area contributed by atoms with Crippen molar-refractivity contribution in [2.45, 2.75) is 0 Å². The molecule has 0 radical (unpaired) electrons. The molecular formula is C14H12ClN3OS. The first-order valence-electron chi connectivity index (χ1n) is 6.28. The fraction of sp³-hybridized carbons (Fsp3) is 0.286. The number of hydrogen-bond donors (Lipinski definition) is 0. The van der Waals surface area contributed by atoms with Crippen LogP contribution >= 0.6 is 23.1 Å². The summed E-state index contributed by atoms with van der Waals surface area (Å²) in [4.78, 5) is 2.93. The van der Waals surface area contributed by atoms with E-state index in [0.717, 1.165) is 29.3 Å². The lowest BCUT2D eigenvalue weighted by Gasteiger charge is -2.26. The molecule has 0 unspecified atom stereocenters. The van der Waals surface area contributed by atoms with E-state index in [1.165, 1.54) is 11.5 Å². The Morgan fingerprint density at radius 3 is 2.75 bits per heavy atom. The maximum absolute atomic E-state index is 9.49. The van der Waals surface area contributed by atoms with Crippen LogP contribution in [0.15, 0.2) is 24.3 Å². The molecule has 3 rings (SSSR count). The fourth-order valence-electron chi connectivity index (χ4n) is 2.20. The standard InChI is InChI=1S/C14H12ClN3OS/c15-12-4-2-1-3-10(12)13-11(9-16)14(17-20-13)18-5-7-19-8-6-18/h1-4H,5-8H2. The highest BCUT2D eigenvalue weighted by atomic mass is 35.5. The van der Waals surface area contributed by atoms with Crippen LogP contribution in [0.1, 0.15) is 5.56 Å². The van der Waals surface area contributed by atoms with Gasteiger partial charge in [-0.05, 0) is 17.6 Å². The van der Waals surface area contributed by atoms with Crippen molar-refractivity contribution in [3.63, 3.8) is 0 Å². The monoisotopic (exact) mass is 305 g/mol. The van der Waals surface area contributed by atoms with Gasteiger partial charge in [0.05, 0.1) is 18.1 Å². The fourth-order valence-corrected chi connectivity index (χ4v) is 3.38. The molecule has 0 bridgehead atoms. The number of hydrogen-bond acceptors (Lipinski definition) is 5. The molecule has 6 heteroatoms. The minimum Gasteiger partial charge on any atom is -0.378 e. The molecule has 1 aliphatic heterocycles. The molecule has 0 aliphatic carbocycles. The highest BCUT2D eigenvalue weighted by Gasteiger charge is 2.22. The number of anilines is 1. The molecule has 1 fully saturated rings. The molecule has 0 spiro atoms. The van der Waals surface area contributed by atoms with Gasteiger partial charge in [0.2, 0.25) is 0 Å². The zero-order valence-electron chi connectivity index (χ0n) is 10.7. The topological polar surface area (TPSA) is 49.2 Å². The average molecular weight is 306 g/mol. The predicted octanol–water partition coefficient (Wildman–Crippen LogP) is 3.17. The van der Waals surface area contributed by atoms with E-state index in [9.17, 15) is 5.26 Å². The van der Waals surface area contributed by atoms with Gasteiger partial charge < -0.3 is 9.64 Å². The van der Waals surface area contributed by atoms with Gasteiger partial charge in [-0.25, -0.2) is 0 Å². The predicted molar refractivity (Wildman–Crippen MR) is 80.3 cm³/mol. The summed E-state index contributed by atoms with van der Waals surface area (Å²) in [6.07, 6.45) is 0. The smallest absolute Gasteiger partial charge is 0.161 e. The molecule has 1 aliphatic rings. The van der Waals surface area contributed by atoms with Gasteiger partial charge in [0, 0.05) is 23.7 Å². The first kappa shape index (κ1) is 13.4. The number of ether oxygens (including phenoxy) is 1. The lowest BCUT2D eigenvalue weighted by Crippen LogP contribution is -2.36. The van der Waals surface area contributed by atoms with Crippen LogP contribution in [-0.2, 0) is 4.74 Å². The number of nitriles is 1. The molecule has 2 heterocycles. The Hall–Kier alpha value is -1.61. The molecule has 1 saturated heterocycles. The number of nitrogens with zero attached hydrogens (tertiary/aromatic N) is 3. The lowest BCUT2D eigenvalue weighted by atomic mass is 10.1. The van der Waals surface area contributed by atoms with Crippen molar-refractivity contribution in [3.8, 4) is 16.5 Å². The summed E-state index contributed by atoms with van der Waals surface area (Å²) in [6, 6.07) is 9.81. The number of morpholine rings is 1. The van der Waals surface area contributed by atoms with Crippen LogP contribution in [-0.4, -0.2) is 30.7 Å². The van der Waals surface area contributed by atoms with Crippen molar-refractivity contribution in [1.29, 1.82) is 5.26 Å². The van der Waals surface area contributed by atoms with E-state index in [4.69, 9.17) is 16.3 Å². The van der Waals surface area contributed by atoms with E-state index in [2.05, 4.69) is 15.3 Å². The Morgan fingerprint density at radius 2 is 2.05 bits per heavy atom. The maximum Gasteiger partial charge on any atom is 0.161 e. The summed E-state index contributed by atoms with van der Waals surface area (Å²) in [6.45, 7) is 2.87. The van der Waals surface area contributed by atoms with Gasteiger partial charge in [-0.15, -0.1) is 0 Å². The third-order valence-electron chi connectivity index (χ3n) is 3.21. The normalized spacial score (nSPS) is 15.1. The molecule has 0 amide bonds. The van der Waals surface area contributed by atoms with Gasteiger partial charge in [0.15, 0.2) is 5.82 Å². The van der Waals surface area contributed by atoms with Crippen LogP contribution in [0.2, 0.25) is 5.02 Å². The van der Waals surface area contributed by atoms with Crippen molar-refractivity contribution in [2.24, 2.45) is 0 Å². The Morgan fingerprint density at radius 1 is 1.30 bits per heavy atom. The van der Waals surface area contributed by atoms with Gasteiger partial charge in [-0.2, -0.15) is 9.64 Å². The minimum atomic E-state index is 0.602. The Bertz CT molecular complexity index is 659. The second-order valence-electron chi connectivity index (χ2n) is 4.40. The quantitative estimate of drug-likeness (QED) is 0.855. The van der Waals surface area contributed by atoms with E-state index >= 15 is 0 Å². The molecule has 2 aromatic rings. The van der Waals surface area contributed by atoms with Crippen LogP contribution in [0.25, 0.3) is 10.4 Å². The van der Waals surface area contributed by atoms with E-state index in [1.54, 1.807) is 0 Å². The van der Waals surface area contributed by atoms with Crippen LogP contribution in [0.5, 0.6) is 0 Å². The van der Waals surface area contributed by atoms with E-state index in [1.807, 2.05) is 24.3 Å². The zero-order chi connectivity index (χ0) is 13.9. The second-order valence-corrected chi connectivity index (χ2v) is 5.58. The molecule has 4 nitrogen and oxygen atoms in total. The average Bonchev–Trinajstić information content (AvgIpc) is 2.92. The van der Waals surface area contributed by atoms with Gasteiger partial charge in [-0.3, -0.25) is 0 Å². The SMILES string of the molecule is N#Cc1c(N2CCOCC2)nsc1-c1ccccc1Cl. The molecular weight excluding hydrogens is 294 g/mol. The van der Waals surface area contributed by atoms with Crippen molar-refractivity contribution < 1.29 is 4.74 Å². The highest BCUT2D eigenvalue weighted by molar-refractivity contribution is 7.10. The van der Waals surface area contributed by atoms with E-state index in [-0.39, 0.29) is 0 Å². The number of rotatable bonds is 2. The third kappa shape index (κ3) is 2.38. The van der Waals surface area contributed by atoms with Crippen molar-refractivity contribution in [2.75, 3.05) is 31.2 Å². The first-order valence-corrected chi connectivity index (χ1v) is 7.44. The Labute approximate surface area is 126 Å². The number of aromatic nitrogens is 1. The van der Waals surface area contributed by atoms with Crippen LogP contribution in [0.4, 0.5) is 5.82 Å². The van der Waals surface area contributed by atoms with E-state index < -0.39 is 0 Å². The largest absolute Gasteiger partial charge is 0.378 e. The van der Waals surface area contributed by atoms with Gasteiger partial charge in [0.1, 0.15) is 11.6 Å². The molecule has 0 saturated carbocycles. The Balaban J connectivity index is 2.04. The van der Waals surface area contributed by atoms with Gasteiger partial charge in [-0.1, -0.05) is 29.8 Å². The molecule has 0 atom stereocenters. The molecule has 1 aromatic heterocycles. The summed E-state index contributed by atoms with van der Waals surface area (Å²) < 4.78 is 9.79. The number of halogens is 1. The summed E-state index contributed by atoms with van der Waals surface area (Å²) in [5.74, 6) is 0.746. The zero-order valence-corrected chi connectivity index (χ0v) is 12.2.